The van der Waals surface area contributed by atoms with Crippen molar-refractivity contribution in [3.8, 4) is 0 Å². The predicted molar refractivity (Wildman–Crippen MR) is 75.9 cm³/mol. The number of anilines is 1. The Morgan fingerprint density at radius 3 is 2.33 bits per heavy atom. The van der Waals surface area contributed by atoms with E-state index >= 15 is 0 Å². The molecule has 1 amide bonds. The van der Waals surface area contributed by atoms with E-state index in [2.05, 4.69) is 11.9 Å². The second kappa shape index (κ2) is 5.83. The number of amides is 1. The highest BCUT2D eigenvalue weighted by Gasteiger charge is 2.30. The molecule has 0 bridgehead atoms. The van der Waals surface area contributed by atoms with Crippen LogP contribution >= 0.6 is 0 Å². The molecule has 21 heavy (non-hydrogen) atoms. The van der Waals surface area contributed by atoms with Gasteiger partial charge in [-0.25, -0.2) is 0 Å². The van der Waals surface area contributed by atoms with Crippen molar-refractivity contribution in [2.45, 2.75) is 6.18 Å². The van der Waals surface area contributed by atoms with Crippen LogP contribution in [0.1, 0.15) is 21.5 Å². The first-order valence-corrected chi connectivity index (χ1v) is 6.11. The molecule has 0 saturated carbocycles. The van der Waals surface area contributed by atoms with Gasteiger partial charge >= 0.3 is 6.18 Å². The summed E-state index contributed by atoms with van der Waals surface area (Å²) in [4.78, 5) is 11.9. The summed E-state index contributed by atoms with van der Waals surface area (Å²) in [6.45, 7) is 3.61. The molecule has 5 heteroatoms. The Balaban J connectivity index is 2.18. The number of carbonyl (C=O) groups excluding carboxylic acids is 1. The number of hydrogen-bond donors (Lipinski definition) is 1. The van der Waals surface area contributed by atoms with Crippen molar-refractivity contribution in [2.24, 2.45) is 0 Å². The molecule has 2 aromatic carbocycles. The zero-order valence-corrected chi connectivity index (χ0v) is 10.9. The third-order valence-corrected chi connectivity index (χ3v) is 2.86. The number of benzene rings is 2. The highest BCUT2D eigenvalue weighted by molar-refractivity contribution is 6.04. The predicted octanol–water partition coefficient (Wildman–Crippen LogP) is 4.60. The largest absolute Gasteiger partial charge is 0.416 e. The number of halogens is 3. The van der Waals surface area contributed by atoms with Gasteiger partial charge in [0.1, 0.15) is 0 Å². The van der Waals surface area contributed by atoms with E-state index in [1.165, 1.54) is 12.1 Å². The third kappa shape index (κ3) is 3.72. The first kappa shape index (κ1) is 14.8. The van der Waals surface area contributed by atoms with Gasteiger partial charge in [-0.3, -0.25) is 4.79 Å². The Labute approximate surface area is 119 Å². The quantitative estimate of drug-likeness (QED) is 0.879. The Kier molecular flexibility index (Phi) is 4.12. The summed E-state index contributed by atoms with van der Waals surface area (Å²) in [5, 5.41) is 2.55. The lowest BCUT2D eigenvalue weighted by Gasteiger charge is -2.09. The molecule has 0 fully saturated rings. The van der Waals surface area contributed by atoms with Gasteiger partial charge in [-0.05, 0) is 35.9 Å². The zero-order chi connectivity index (χ0) is 15.5. The average Bonchev–Trinajstić information content (AvgIpc) is 2.47. The molecule has 0 spiro atoms. The molecule has 108 valence electrons. The van der Waals surface area contributed by atoms with E-state index in [0.717, 1.165) is 17.7 Å². The van der Waals surface area contributed by atoms with Gasteiger partial charge < -0.3 is 5.32 Å². The van der Waals surface area contributed by atoms with Crippen LogP contribution in [0.15, 0.2) is 55.1 Å². The summed E-state index contributed by atoms with van der Waals surface area (Å²) in [5.41, 5.74) is 0.491. The monoisotopic (exact) mass is 291 g/mol. The maximum absolute atomic E-state index is 12.6. The van der Waals surface area contributed by atoms with Crippen molar-refractivity contribution in [3.05, 3.63) is 71.8 Å². The van der Waals surface area contributed by atoms with Gasteiger partial charge in [-0.15, -0.1) is 0 Å². The lowest BCUT2D eigenvalue weighted by molar-refractivity contribution is -0.137. The van der Waals surface area contributed by atoms with Crippen LogP contribution < -0.4 is 5.32 Å². The first-order valence-electron chi connectivity index (χ1n) is 6.11. The first-order chi connectivity index (χ1) is 9.90. The molecule has 0 aromatic heterocycles. The van der Waals surface area contributed by atoms with Crippen molar-refractivity contribution in [2.75, 3.05) is 5.32 Å². The van der Waals surface area contributed by atoms with Crippen LogP contribution in [0.4, 0.5) is 18.9 Å². The van der Waals surface area contributed by atoms with Crippen LogP contribution in [0.5, 0.6) is 0 Å². The maximum Gasteiger partial charge on any atom is 0.416 e. The van der Waals surface area contributed by atoms with Crippen LogP contribution in [0, 0.1) is 0 Å². The summed E-state index contributed by atoms with van der Waals surface area (Å²) < 4.78 is 37.8. The number of hydrogen-bond acceptors (Lipinski definition) is 1. The van der Waals surface area contributed by atoms with E-state index in [0.29, 0.717) is 5.69 Å². The summed E-state index contributed by atoms with van der Waals surface area (Å²) in [6.07, 6.45) is -2.82. The Morgan fingerprint density at radius 1 is 1.10 bits per heavy atom. The number of alkyl halides is 3. The van der Waals surface area contributed by atoms with Gasteiger partial charge in [0, 0.05) is 11.3 Å². The maximum atomic E-state index is 12.6. The fraction of sp³-hybridized carbons (Fsp3) is 0.0625. The van der Waals surface area contributed by atoms with Crippen LogP contribution in [-0.2, 0) is 6.18 Å². The van der Waals surface area contributed by atoms with E-state index in [1.807, 2.05) is 0 Å². The molecule has 2 nitrogen and oxygen atoms in total. The van der Waals surface area contributed by atoms with Gasteiger partial charge in [0.05, 0.1) is 5.56 Å². The molecule has 2 rings (SSSR count). The second-order valence-corrected chi connectivity index (χ2v) is 4.36. The lowest BCUT2D eigenvalue weighted by atomic mass is 10.1. The van der Waals surface area contributed by atoms with Crippen LogP contribution in [0.25, 0.3) is 6.08 Å². The standard InChI is InChI=1S/C16H12F3NO/c1-2-11-6-8-14(9-7-11)20-15(21)12-4-3-5-13(10-12)16(17,18)19/h2-10H,1H2,(H,20,21). The summed E-state index contributed by atoms with van der Waals surface area (Å²) in [7, 11) is 0. The summed E-state index contributed by atoms with van der Waals surface area (Å²) >= 11 is 0. The summed E-state index contributed by atoms with van der Waals surface area (Å²) in [6, 6.07) is 11.1. The normalized spacial score (nSPS) is 11.0. The Bertz CT molecular complexity index is 660. The van der Waals surface area contributed by atoms with Crippen molar-refractivity contribution in [1.82, 2.24) is 0 Å². The van der Waals surface area contributed by atoms with Crippen LogP contribution in [-0.4, -0.2) is 5.91 Å². The molecule has 0 saturated heterocycles. The van der Waals surface area contributed by atoms with E-state index in [-0.39, 0.29) is 5.56 Å². The van der Waals surface area contributed by atoms with Crippen LogP contribution in [0.2, 0.25) is 0 Å². The molecular formula is C16H12F3NO. The van der Waals surface area contributed by atoms with Gasteiger partial charge in [-0.1, -0.05) is 30.9 Å². The Morgan fingerprint density at radius 2 is 1.76 bits per heavy atom. The highest BCUT2D eigenvalue weighted by Crippen LogP contribution is 2.29. The smallest absolute Gasteiger partial charge is 0.322 e. The highest BCUT2D eigenvalue weighted by atomic mass is 19.4. The minimum absolute atomic E-state index is 0.0439. The average molecular weight is 291 g/mol. The third-order valence-electron chi connectivity index (χ3n) is 2.86. The van der Waals surface area contributed by atoms with Crippen molar-refractivity contribution < 1.29 is 18.0 Å². The minimum Gasteiger partial charge on any atom is -0.322 e. The molecule has 0 unspecified atom stereocenters. The van der Waals surface area contributed by atoms with Gasteiger partial charge in [0.25, 0.3) is 5.91 Å². The van der Waals surface area contributed by atoms with Gasteiger partial charge in [-0.2, -0.15) is 13.2 Å². The van der Waals surface area contributed by atoms with Crippen molar-refractivity contribution in [3.63, 3.8) is 0 Å². The molecule has 1 N–H and O–H groups in total. The summed E-state index contributed by atoms with van der Waals surface area (Å²) in [5.74, 6) is -0.590. The topological polar surface area (TPSA) is 29.1 Å². The lowest BCUT2D eigenvalue weighted by Crippen LogP contribution is -2.13. The fourth-order valence-corrected chi connectivity index (χ4v) is 1.74. The van der Waals surface area contributed by atoms with Gasteiger partial charge in [0.15, 0.2) is 0 Å². The minimum atomic E-state index is -4.47. The van der Waals surface area contributed by atoms with Crippen molar-refractivity contribution in [1.29, 1.82) is 0 Å². The van der Waals surface area contributed by atoms with E-state index in [1.54, 1.807) is 30.3 Å². The number of nitrogens with one attached hydrogen (secondary N) is 1. The van der Waals surface area contributed by atoms with Crippen molar-refractivity contribution >= 4 is 17.7 Å². The SMILES string of the molecule is C=Cc1ccc(NC(=O)c2cccc(C(F)(F)F)c2)cc1. The molecule has 0 atom stereocenters. The molecule has 0 aliphatic heterocycles. The molecule has 0 aliphatic rings. The van der Waals surface area contributed by atoms with Gasteiger partial charge in [0.2, 0.25) is 0 Å². The Hall–Kier alpha value is -2.56. The molecular weight excluding hydrogens is 279 g/mol. The molecule has 2 aromatic rings. The van der Waals surface area contributed by atoms with E-state index < -0.39 is 17.6 Å². The number of carbonyl (C=O) groups is 1. The van der Waals surface area contributed by atoms with Crippen LogP contribution in [0.3, 0.4) is 0 Å². The number of rotatable bonds is 3. The molecule has 0 radical (unpaired) electrons. The fourth-order valence-electron chi connectivity index (χ4n) is 1.74. The van der Waals surface area contributed by atoms with E-state index in [9.17, 15) is 18.0 Å². The zero-order valence-electron chi connectivity index (χ0n) is 10.9. The molecule has 0 aliphatic carbocycles. The second-order valence-electron chi connectivity index (χ2n) is 4.36. The van der Waals surface area contributed by atoms with E-state index in [4.69, 9.17) is 0 Å². The molecule has 0 heterocycles.